The Bertz CT molecular complexity index is 570. The van der Waals surface area contributed by atoms with Crippen molar-refractivity contribution < 1.29 is 13.9 Å². The zero-order chi connectivity index (χ0) is 13.7. The maximum Gasteiger partial charge on any atom is 0.238 e. The lowest BCUT2D eigenvalue weighted by molar-refractivity contribution is -0.114. The number of halogens is 1. The Morgan fingerprint density at radius 2 is 1.89 bits per heavy atom. The van der Waals surface area contributed by atoms with E-state index < -0.39 is 0 Å². The minimum absolute atomic E-state index is 0.0679. The quantitative estimate of drug-likeness (QED) is 0.887. The third kappa shape index (κ3) is 3.79. The van der Waals surface area contributed by atoms with Crippen LogP contribution in [-0.2, 0) is 4.79 Å². The number of amides is 1. The van der Waals surface area contributed by atoms with Crippen molar-refractivity contribution in [2.45, 2.75) is 0 Å². The number of benzene rings is 2. The zero-order valence-corrected chi connectivity index (χ0v) is 10.1. The molecule has 0 saturated carbocycles. The Labute approximate surface area is 110 Å². The predicted octanol–water partition coefficient (Wildman–Crippen LogP) is 2.52. The van der Waals surface area contributed by atoms with E-state index >= 15 is 0 Å². The van der Waals surface area contributed by atoms with E-state index in [0.717, 1.165) is 0 Å². The van der Waals surface area contributed by atoms with E-state index in [-0.39, 0.29) is 18.3 Å². The molecule has 4 nitrogen and oxygen atoms in total. The summed E-state index contributed by atoms with van der Waals surface area (Å²) in [6.07, 6.45) is 0. The standard InChI is InChI=1S/C14H13FN2O2/c15-10-2-1-3-13(8-10)19-12-6-4-11(5-7-12)17-14(18)9-16/h1-8H,9,16H2,(H,17,18). The first-order chi connectivity index (χ1) is 9.17. The van der Waals surface area contributed by atoms with Crippen molar-refractivity contribution in [3.8, 4) is 11.5 Å². The SMILES string of the molecule is NCC(=O)Nc1ccc(Oc2cccc(F)c2)cc1. The summed E-state index contributed by atoms with van der Waals surface area (Å²) >= 11 is 0. The van der Waals surface area contributed by atoms with Gasteiger partial charge in [0.25, 0.3) is 0 Å². The molecular formula is C14H13FN2O2. The van der Waals surface area contributed by atoms with Crippen LogP contribution in [0, 0.1) is 5.82 Å². The van der Waals surface area contributed by atoms with Crippen molar-refractivity contribution in [1.29, 1.82) is 0 Å². The summed E-state index contributed by atoms with van der Waals surface area (Å²) in [5, 5.41) is 2.61. The molecular weight excluding hydrogens is 247 g/mol. The van der Waals surface area contributed by atoms with Crippen LogP contribution in [0.25, 0.3) is 0 Å². The smallest absolute Gasteiger partial charge is 0.238 e. The van der Waals surface area contributed by atoms with Crippen LogP contribution in [0.5, 0.6) is 11.5 Å². The summed E-state index contributed by atoms with van der Waals surface area (Å²) in [5.74, 6) is 0.346. The van der Waals surface area contributed by atoms with Gasteiger partial charge in [0.15, 0.2) is 0 Å². The fourth-order valence-corrected chi connectivity index (χ4v) is 1.48. The molecule has 98 valence electrons. The molecule has 3 N–H and O–H groups in total. The van der Waals surface area contributed by atoms with Gasteiger partial charge in [-0.2, -0.15) is 0 Å². The Morgan fingerprint density at radius 3 is 2.53 bits per heavy atom. The lowest BCUT2D eigenvalue weighted by Crippen LogP contribution is -2.21. The van der Waals surface area contributed by atoms with Gasteiger partial charge in [0.1, 0.15) is 17.3 Å². The molecule has 0 aliphatic carbocycles. The maximum absolute atomic E-state index is 13.0. The van der Waals surface area contributed by atoms with Crippen molar-refractivity contribution in [3.05, 3.63) is 54.3 Å². The highest BCUT2D eigenvalue weighted by molar-refractivity contribution is 5.92. The minimum atomic E-state index is -0.357. The molecule has 5 heteroatoms. The van der Waals surface area contributed by atoms with Gasteiger partial charge in [-0.1, -0.05) is 6.07 Å². The van der Waals surface area contributed by atoms with E-state index in [4.69, 9.17) is 10.5 Å². The molecule has 0 saturated heterocycles. The van der Waals surface area contributed by atoms with Gasteiger partial charge in [-0.15, -0.1) is 0 Å². The van der Waals surface area contributed by atoms with E-state index in [2.05, 4.69) is 5.32 Å². The second kappa shape index (κ2) is 5.97. The number of carbonyl (C=O) groups excluding carboxylic acids is 1. The number of hydrogen-bond donors (Lipinski definition) is 2. The highest BCUT2D eigenvalue weighted by atomic mass is 19.1. The molecule has 2 rings (SSSR count). The average molecular weight is 260 g/mol. The summed E-state index contributed by atoms with van der Waals surface area (Å²) in [6, 6.07) is 12.6. The van der Waals surface area contributed by atoms with Gasteiger partial charge in [-0.25, -0.2) is 4.39 Å². The van der Waals surface area contributed by atoms with E-state index in [0.29, 0.717) is 17.2 Å². The first-order valence-electron chi connectivity index (χ1n) is 5.71. The highest BCUT2D eigenvalue weighted by Gasteiger charge is 2.01. The summed E-state index contributed by atoms with van der Waals surface area (Å²) < 4.78 is 18.4. The third-order valence-electron chi connectivity index (χ3n) is 2.36. The Balaban J connectivity index is 2.04. The molecule has 0 fully saturated rings. The number of anilines is 1. The van der Waals surface area contributed by atoms with E-state index in [9.17, 15) is 9.18 Å². The van der Waals surface area contributed by atoms with Gasteiger partial charge >= 0.3 is 0 Å². The Hall–Kier alpha value is -2.40. The normalized spacial score (nSPS) is 10.0. The first-order valence-corrected chi connectivity index (χ1v) is 5.71. The van der Waals surface area contributed by atoms with Crippen molar-refractivity contribution in [3.63, 3.8) is 0 Å². The fourth-order valence-electron chi connectivity index (χ4n) is 1.48. The number of rotatable bonds is 4. The van der Waals surface area contributed by atoms with Crippen LogP contribution >= 0.6 is 0 Å². The molecule has 1 amide bonds. The second-order valence-corrected chi connectivity index (χ2v) is 3.84. The molecule has 0 aliphatic heterocycles. The number of ether oxygens (including phenoxy) is 1. The molecule has 0 bridgehead atoms. The molecule has 0 aliphatic rings. The largest absolute Gasteiger partial charge is 0.457 e. The molecule has 0 unspecified atom stereocenters. The summed E-state index contributed by atoms with van der Waals surface area (Å²) in [4.78, 5) is 11.1. The van der Waals surface area contributed by atoms with Crippen LogP contribution in [0.3, 0.4) is 0 Å². The van der Waals surface area contributed by atoms with Gasteiger partial charge in [-0.3, -0.25) is 4.79 Å². The molecule has 19 heavy (non-hydrogen) atoms. The van der Waals surface area contributed by atoms with Crippen molar-refractivity contribution in [2.24, 2.45) is 5.73 Å². The summed E-state index contributed by atoms with van der Waals surface area (Å²) in [6.45, 7) is -0.0679. The van der Waals surface area contributed by atoms with Gasteiger partial charge in [0.05, 0.1) is 6.54 Å². The molecule has 0 radical (unpaired) electrons. The molecule has 2 aromatic rings. The van der Waals surface area contributed by atoms with Gasteiger partial charge in [-0.05, 0) is 36.4 Å². The first kappa shape index (κ1) is 13.0. The highest BCUT2D eigenvalue weighted by Crippen LogP contribution is 2.23. The topological polar surface area (TPSA) is 64.4 Å². The van der Waals surface area contributed by atoms with Crippen LogP contribution in [0.1, 0.15) is 0 Å². The zero-order valence-electron chi connectivity index (χ0n) is 10.1. The minimum Gasteiger partial charge on any atom is -0.457 e. The van der Waals surface area contributed by atoms with E-state index in [1.165, 1.54) is 12.1 Å². The van der Waals surface area contributed by atoms with Crippen molar-refractivity contribution in [2.75, 3.05) is 11.9 Å². The Kier molecular flexibility index (Phi) is 4.10. The van der Waals surface area contributed by atoms with Crippen LogP contribution in [0.15, 0.2) is 48.5 Å². The molecule has 2 aromatic carbocycles. The maximum atomic E-state index is 13.0. The molecule has 0 heterocycles. The van der Waals surface area contributed by atoms with Crippen molar-refractivity contribution in [1.82, 2.24) is 0 Å². The van der Waals surface area contributed by atoms with Gasteiger partial charge in [0.2, 0.25) is 5.91 Å². The van der Waals surface area contributed by atoms with Crippen LogP contribution in [0.4, 0.5) is 10.1 Å². The van der Waals surface area contributed by atoms with Crippen molar-refractivity contribution >= 4 is 11.6 Å². The fraction of sp³-hybridized carbons (Fsp3) is 0.0714. The Morgan fingerprint density at radius 1 is 1.16 bits per heavy atom. The van der Waals surface area contributed by atoms with Gasteiger partial charge in [0, 0.05) is 11.8 Å². The third-order valence-corrected chi connectivity index (χ3v) is 2.36. The monoisotopic (exact) mass is 260 g/mol. The van der Waals surface area contributed by atoms with Crippen LogP contribution in [0.2, 0.25) is 0 Å². The molecule has 0 aromatic heterocycles. The number of carbonyl (C=O) groups is 1. The van der Waals surface area contributed by atoms with E-state index in [1.807, 2.05) is 0 Å². The number of hydrogen-bond acceptors (Lipinski definition) is 3. The van der Waals surface area contributed by atoms with Crippen LogP contribution < -0.4 is 15.8 Å². The number of nitrogens with two attached hydrogens (primary N) is 1. The lowest BCUT2D eigenvalue weighted by Gasteiger charge is -2.07. The number of nitrogens with one attached hydrogen (secondary N) is 1. The summed E-state index contributed by atoms with van der Waals surface area (Å²) in [7, 11) is 0. The van der Waals surface area contributed by atoms with Gasteiger partial charge < -0.3 is 15.8 Å². The predicted molar refractivity (Wildman–Crippen MR) is 70.6 cm³/mol. The second-order valence-electron chi connectivity index (χ2n) is 3.84. The molecule has 0 atom stereocenters. The average Bonchev–Trinajstić information content (AvgIpc) is 2.41. The van der Waals surface area contributed by atoms with E-state index in [1.54, 1.807) is 36.4 Å². The van der Waals surface area contributed by atoms with Crippen LogP contribution in [-0.4, -0.2) is 12.5 Å². The summed E-state index contributed by atoms with van der Waals surface area (Å²) in [5.41, 5.74) is 5.82. The molecule has 0 spiro atoms. The lowest BCUT2D eigenvalue weighted by atomic mass is 10.3.